The van der Waals surface area contributed by atoms with E-state index in [0.717, 1.165) is 31.6 Å². The molecule has 0 aromatic heterocycles. The van der Waals surface area contributed by atoms with Crippen LogP contribution in [0.5, 0.6) is 0 Å². The Bertz CT molecular complexity index is 348. The third-order valence-electron chi connectivity index (χ3n) is 2.78. The number of piperidine rings is 1. The predicted molar refractivity (Wildman–Crippen MR) is 71.0 cm³/mol. The Morgan fingerprint density at radius 1 is 1.33 bits per heavy atom. The van der Waals surface area contributed by atoms with Crippen molar-refractivity contribution in [2.45, 2.75) is 18.9 Å². The molecule has 2 rings (SSSR count). The van der Waals surface area contributed by atoms with E-state index in [1.165, 1.54) is 9.26 Å². The van der Waals surface area contributed by atoms with Gasteiger partial charge < -0.3 is 15.7 Å². The second kappa shape index (κ2) is 4.57. The van der Waals surface area contributed by atoms with E-state index >= 15 is 0 Å². The molecule has 1 aromatic rings. The lowest BCUT2D eigenvalue weighted by Crippen LogP contribution is -2.36. The van der Waals surface area contributed by atoms with Crippen LogP contribution in [0.2, 0.25) is 0 Å². The normalized spacial score (nSPS) is 18.1. The SMILES string of the molecule is Nc1ccc(N2CCC(O)CC2)c(I)c1. The van der Waals surface area contributed by atoms with E-state index in [1.54, 1.807) is 0 Å². The van der Waals surface area contributed by atoms with E-state index < -0.39 is 0 Å². The van der Waals surface area contributed by atoms with Crippen LogP contribution in [0, 0.1) is 3.57 Å². The standard InChI is InChI=1S/C11H15IN2O/c12-10-7-8(13)1-2-11(10)14-5-3-9(15)4-6-14/h1-2,7,9,15H,3-6,13H2. The van der Waals surface area contributed by atoms with Crippen molar-refractivity contribution in [1.29, 1.82) is 0 Å². The van der Waals surface area contributed by atoms with Gasteiger partial charge >= 0.3 is 0 Å². The number of halogens is 1. The zero-order valence-electron chi connectivity index (χ0n) is 8.49. The number of aliphatic hydroxyl groups excluding tert-OH is 1. The van der Waals surface area contributed by atoms with Crippen molar-refractivity contribution in [1.82, 2.24) is 0 Å². The van der Waals surface area contributed by atoms with Gasteiger partial charge in [0.25, 0.3) is 0 Å². The molecule has 0 saturated carbocycles. The summed E-state index contributed by atoms with van der Waals surface area (Å²) >= 11 is 2.31. The Morgan fingerprint density at radius 2 is 2.00 bits per heavy atom. The molecule has 0 aliphatic carbocycles. The third kappa shape index (κ3) is 2.55. The number of anilines is 2. The minimum absolute atomic E-state index is 0.118. The van der Waals surface area contributed by atoms with Gasteiger partial charge in [0, 0.05) is 22.3 Å². The minimum Gasteiger partial charge on any atom is -0.399 e. The fourth-order valence-corrected chi connectivity index (χ4v) is 2.77. The first-order chi connectivity index (χ1) is 7.16. The van der Waals surface area contributed by atoms with Crippen LogP contribution in [0.15, 0.2) is 18.2 Å². The quantitative estimate of drug-likeness (QED) is 0.614. The molecule has 0 atom stereocenters. The van der Waals surface area contributed by atoms with Crippen molar-refractivity contribution >= 4 is 34.0 Å². The van der Waals surface area contributed by atoms with Gasteiger partial charge in [-0.3, -0.25) is 0 Å². The lowest BCUT2D eigenvalue weighted by Gasteiger charge is -2.32. The molecule has 0 unspecified atom stereocenters. The van der Waals surface area contributed by atoms with Gasteiger partial charge in [-0.05, 0) is 53.6 Å². The van der Waals surface area contributed by atoms with Crippen molar-refractivity contribution in [2.75, 3.05) is 23.7 Å². The summed E-state index contributed by atoms with van der Waals surface area (Å²) < 4.78 is 1.18. The van der Waals surface area contributed by atoms with Gasteiger partial charge in [-0.2, -0.15) is 0 Å². The molecule has 1 aliphatic rings. The second-order valence-corrected chi connectivity index (χ2v) is 5.09. The van der Waals surface area contributed by atoms with Crippen LogP contribution < -0.4 is 10.6 Å². The van der Waals surface area contributed by atoms with Gasteiger partial charge in [-0.15, -0.1) is 0 Å². The van der Waals surface area contributed by atoms with E-state index in [4.69, 9.17) is 5.73 Å². The fraction of sp³-hybridized carbons (Fsp3) is 0.455. The van der Waals surface area contributed by atoms with Crippen LogP contribution in [0.4, 0.5) is 11.4 Å². The summed E-state index contributed by atoms with van der Waals surface area (Å²) in [7, 11) is 0. The zero-order chi connectivity index (χ0) is 10.8. The highest BCUT2D eigenvalue weighted by Crippen LogP contribution is 2.27. The number of nitrogens with two attached hydrogens (primary N) is 1. The number of nitrogen functional groups attached to an aromatic ring is 1. The number of rotatable bonds is 1. The lowest BCUT2D eigenvalue weighted by atomic mass is 10.1. The Hall–Kier alpha value is -0.490. The molecule has 0 amide bonds. The topological polar surface area (TPSA) is 49.5 Å². The molecule has 82 valence electrons. The third-order valence-corrected chi connectivity index (χ3v) is 3.64. The Balaban J connectivity index is 2.15. The highest BCUT2D eigenvalue weighted by atomic mass is 127. The van der Waals surface area contributed by atoms with Crippen LogP contribution in [-0.2, 0) is 0 Å². The Labute approximate surface area is 103 Å². The molecular weight excluding hydrogens is 303 g/mol. The van der Waals surface area contributed by atoms with Gasteiger partial charge in [0.1, 0.15) is 0 Å². The van der Waals surface area contributed by atoms with Crippen molar-refractivity contribution in [2.24, 2.45) is 0 Å². The first-order valence-electron chi connectivity index (χ1n) is 5.15. The van der Waals surface area contributed by atoms with Crippen LogP contribution >= 0.6 is 22.6 Å². The van der Waals surface area contributed by atoms with Crippen LogP contribution in [0.1, 0.15) is 12.8 Å². The van der Waals surface area contributed by atoms with Crippen LogP contribution in [0.25, 0.3) is 0 Å². The molecule has 3 nitrogen and oxygen atoms in total. The number of aliphatic hydroxyl groups is 1. The predicted octanol–water partition coefficient (Wildman–Crippen LogP) is 1.83. The van der Waals surface area contributed by atoms with Gasteiger partial charge in [-0.25, -0.2) is 0 Å². The molecule has 15 heavy (non-hydrogen) atoms. The van der Waals surface area contributed by atoms with E-state index in [9.17, 15) is 5.11 Å². The molecule has 4 heteroatoms. The minimum atomic E-state index is -0.118. The maximum absolute atomic E-state index is 9.44. The molecule has 0 radical (unpaired) electrons. The molecule has 1 heterocycles. The van der Waals surface area contributed by atoms with Crippen molar-refractivity contribution in [3.63, 3.8) is 0 Å². The molecule has 0 bridgehead atoms. The lowest BCUT2D eigenvalue weighted by molar-refractivity contribution is 0.145. The zero-order valence-corrected chi connectivity index (χ0v) is 10.6. The van der Waals surface area contributed by atoms with E-state index in [2.05, 4.69) is 33.6 Å². The second-order valence-electron chi connectivity index (χ2n) is 3.93. The summed E-state index contributed by atoms with van der Waals surface area (Å²) in [6.45, 7) is 1.86. The number of benzene rings is 1. The average molecular weight is 318 g/mol. The number of nitrogens with zero attached hydrogens (tertiary/aromatic N) is 1. The summed E-state index contributed by atoms with van der Waals surface area (Å²) in [6, 6.07) is 5.98. The van der Waals surface area contributed by atoms with Crippen LogP contribution in [0.3, 0.4) is 0 Å². The van der Waals surface area contributed by atoms with Gasteiger partial charge in [0.05, 0.1) is 11.8 Å². The summed E-state index contributed by atoms with van der Waals surface area (Å²) in [6.07, 6.45) is 1.61. The molecule has 0 spiro atoms. The molecule has 3 N–H and O–H groups in total. The summed E-state index contributed by atoms with van der Waals surface area (Å²) in [5.74, 6) is 0. The van der Waals surface area contributed by atoms with Gasteiger partial charge in [0.2, 0.25) is 0 Å². The monoisotopic (exact) mass is 318 g/mol. The summed E-state index contributed by atoms with van der Waals surface area (Å²) in [5.41, 5.74) is 7.75. The smallest absolute Gasteiger partial charge is 0.0574 e. The van der Waals surface area contributed by atoms with Crippen molar-refractivity contribution in [3.05, 3.63) is 21.8 Å². The van der Waals surface area contributed by atoms with E-state index in [1.807, 2.05) is 12.1 Å². The van der Waals surface area contributed by atoms with Crippen molar-refractivity contribution in [3.8, 4) is 0 Å². The summed E-state index contributed by atoms with van der Waals surface area (Å²) in [5, 5.41) is 9.44. The molecular formula is C11H15IN2O. The van der Waals surface area contributed by atoms with Gasteiger partial charge in [0.15, 0.2) is 0 Å². The highest BCUT2D eigenvalue weighted by molar-refractivity contribution is 14.1. The Kier molecular flexibility index (Phi) is 3.35. The molecule has 1 fully saturated rings. The van der Waals surface area contributed by atoms with Gasteiger partial charge in [-0.1, -0.05) is 0 Å². The molecule has 1 aliphatic heterocycles. The number of hydrogen-bond acceptors (Lipinski definition) is 3. The molecule has 1 aromatic carbocycles. The number of hydrogen-bond donors (Lipinski definition) is 2. The maximum atomic E-state index is 9.44. The fourth-order valence-electron chi connectivity index (χ4n) is 1.89. The summed E-state index contributed by atoms with van der Waals surface area (Å²) in [4.78, 5) is 2.31. The van der Waals surface area contributed by atoms with E-state index in [0.29, 0.717) is 0 Å². The first kappa shape index (κ1) is 11.0. The Morgan fingerprint density at radius 3 is 2.60 bits per heavy atom. The maximum Gasteiger partial charge on any atom is 0.0574 e. The largest absolute Gasteiger partial charge is 0.399 e. The van der Waals surface area contributed by atoms with Crippen molar-refractivity contribution < 1.29 is 5.11 Å². The first-order valence-corrected chi connectivity index (χ1v) is 6.23. The average Bonchev–Trinajstić information content (AvgIpc) is 2.20. The molecule has 1 saturated heterocycles. The van der Waals surface area contributed by atoms with Crippen LogP contribution in [-0.4, -0.2) is 24.3 Å². The highest BCUT2D eigenvalue weighted by Gasteiger charge is 2.18. The van der Waals surface area contributed by atoms with E-state index in [-0.39, 0.29) is 6.10 Å².